The minimum absolute atomic E-state index is 0.244. The van der Waals surface area contributed by atoms with Gasteiger partial charge in [0.1, 0.15) is 17.2 Å². The van der Waals surface area contributed by atoms with Gasteiger partial charge in [-0.3, -0.25) is 14.9 Å². The number of nitriles is 1. The average Bonchev–Trinajstić information content (AvgIpc) is 2.25. The number of benzene rings is 1. The fourth-order valence-corrected chi connectivity index (χ4v) is 1.37. The number of halogens is 4. The molecule has 1 rings (SSSR count). The average molecular weight is 279 g/mol. The van der Waals surface area contributed by atoms with Crippen molar-refractivity contribution in [3.05, 3.63) is 38.9 Å². The summed E-state index contributed by atoms with van der Waals surface area (Å²) in [6.07, 6.45) is -4.85. The first-order valence-electron chi connectivity index (χ1n) is 4.18. The molecule has 5 nitrogen and oxygen atoms in total. The van der Waals surface area contributed by atoms with Crippen LogP contribution in [0.5, 0.6) is 0 Å². The van der Waals surface area contributed by atoms with Gasteiger partial charge in [-0.1, -0.05) is 0 Å². The summed E-state index contributed by atoms with van der Waals surface area (Å²) >= 11 is 4.98. The molecule has 0 aromatic heterocycles. The Morgan fingerprint density at radius 2 is 2.00 bits per heavy atom. The number of alkyl halides is 3. The second-order valence-corrected chi connectivity index (χ2v) is 3.40. The number of hydrogen-bond acceptors (Lipinski definition) is 4. The fraction of sp³-hybridized carbons (Fsp3) is 0.111. The number of carbonyl (C=O) groups is 1. The standard InChI is InChI=1S/C9H2ClF3N2O3/c10-8(16)6-2-5(9(11,12)13)1-4(3-14)7(6)15(17)18/h1-2H. The first-order chi connectivity index (χ1) is 8.18. The summed E-state index contributed by atoms with van der Waals surface area (Å²) < 4.78 is 37.3. The molecule has 94 valence electrons. The van der Waals surface area contributed by atoms with E-state index >= 15 is 0 Å². The topological polar surface area (TPSA) is 84.0 Å². The highest BCUT2D eigenvalue weighted by Gasteiger charge is 2.35. The number of nitro groups is 1. The summed E-state index contributed by atoms with van der Waals surface area (Å²) in [6.45, 7) is 0. The fourth-order valence-electron chi connectivity index (χ4n) is 1.23. The van der Waals surface area contributed by atoms with Crippen LogP contribution >= 0.6 is 11.6 Å². The van der Waals surface area contributed by atoms with Crippen molar-refractivity contribution in [1.82, 2.24) is 0 Å². The zero-order valence-electron chi connectivity index (χ0n) is 8.29. The highest BCUT2D eigenvalue weighted by Crippen LogP contribution is 2.35. The molecule has 0 amide bonds. The quantitative estimate of drug-likeness (QED) is 0.473. The Hall–Kier alpha value is -2.14. The monoisotopic (exact) mass is 278 g/mol. The van der Waals surface area contributed by atoms with Crippen molar-refractivity contribution in [2.45, 2.75) is 6.18 Å². The van der Waals surface area contributed by atoms with Crippen molar-refractivity contribution >= 4 is 22.5 Å². The Morgan fingerprint density at radius 3 is 2.33 bits per heavy atom. The number of carbonyl (C=O) groups excluding carboxylic acids is 1. The largest absolute Gasteiger partial charge is 0.416 e. The molecule has 0 aliphatic rings. The van der Waals surface area contributed by atoms with Crippen LogP contribution < -0.4 is 0 Å². The van der Waals surface area contributed by atoms with Crippen LogP contribution in [0.25, 0.3) is 0 Å². The Labute approximate surface area is 103 Å². The molecular formula is C9H2ClF3N2O3. The highest BCUT2D eigenvalue weighted by atomic mass is 35.5. The van der Waals surface area contributed by atoms with Gasteiger partial charge < -0.3 is 0 Å². The lowest BCUT2D eigenvalue weighted by atomic mass is 10.0. The van der Waals surface area contributed by atoms with Crippen LogP contribution in [-0.2, 0) is 6.18 Å². The second-order valence-electron chi connectivity index (χ2n) is 3.06. The van der Waals surface area contributed by atoms with Gasteiger partial charge in [0.05, 0.1) is 10.5 Å². The Morgan fingerprint density at radius 1 is 1.44 bits per heavy atom. The van der Waals surface area contributed by atoms with Crippen LogP contribution in [0.1, 0.15) is 21.5 Å². The lowest BCUT2D eigenvalue weighted by Gasteiger charge is -2.08. The molecule has 9 heteroatoms. The van der Waals surface area contributed by atoms with E-state index in [-0.39, 0.29) is 6.07 Å². The van der Waals surface area contributed by atoms with Gasteiger partial charge >= 0.3 is 6.18 Å². The zero-order valence-corrected chi connectivity index (χ0v) is 9.04. The molecule has 0 spiro atoms. The Kier molecular flexibility index (Phi) is 3.57. The van der Waals surface area contributed by atoms with Crippen molar-refractivity contribution in [3.8, 4) is 6.07 Å². The summed E-state index contributed by atoms with van der Waals surface area (Å²) in [7, 11) is 0. The van der Waals surface area contributed by atoms with Crippen LogP contribution in [0.15, 0.2) is 12.1 Å². The minimum atomic E-state index is -4.85. The molecule has 1 aromatic carbocycles. The smallest absolute Gasteiger partial charge is 0.275 e. The molecule has 0 atom stereocenters. The van der Waals surface area contributed by atoms with Crippen molar-refractivity contribution in [2.75, 3.05) is 0 Å². The maximum absolute atomic E-state index is 12.4. The molecular weight excluding hydrogens is 277 g/mol. The van der Waals surface area contributed by atoms with Crippen LogP contribution in [0.2, 0.25) is 0 Å². The van der Waals surface area contributed by atoms with Crippen molar-refractivity contribution in [1.29, 1.82) is 5.26 Å². The van der Waals surface area contributed by atoms with E-state index < -0.39 is 38.7 Å². The van der Waals surface area contributed by atoms with Gasteiger partial charge in [-0.25, -0.2) is 0 Å². The number of rotatable bonds is 2. The van der Waals surface area contributed by atoms with E-state index in [0.717, 1.165) is 0 Å². The van der Waals surface area contributed by atoms with Crippen LogP contribution in [0.4, 0.5) is 18.9 Å². The van der Waals surface area contributed by atoms with Gasteiger partial charge in [-0.2, -0.15) is 18.4 Å². The Balaban J connectivity index is 3.71. The van der Waals surface area contributed by atoms with E-state index in [1.165, 1.54) is 6.07 Å². The second kappa shape index (κ2) is 4.62. The van der Waals surface area contributed by atoms with E-state index in [9.17, 15) is 28.1 Å². The molecule has 0 saturated carbocycles. The molecule has 0 aliphatic carbocycles. The summed E-state index contributed by atoms with van der Waals surface area (Å²) in [5.74, 6) is 0. The van der Waals surface area contributed by atoms with E-state index in [0.29, 0.717) is 6.07 Å². The zero-order chi connectivity index (χ0) is 14.1. The van der Waals surface area contributed by atoms with Gasteiger partial charge in [0.25, 0.3) is 10.9 Å². The SMILES string of the molecule is N#Cc1cc(C(F)(F)F)cc(C(=O)Cl)c1[N+](=O)[O-]. The van der Waals surface area contributed by atoms with Crippen LogP contribution in [-0.4, -0.2) is 10.2 Å². The van der Waals surface area contributed by atoms with Gasteiger partial charge in [-0.05, 0) is 23.7 Å². The molecule has 0 N–H and O–H groups in total. The molecule has 0 heterocycles. The third-order valence-electron chi connectivity index (χ3n) is 1.95. The predicted molar refractivity (Wildman–Crippen MR) is 53.0 cm³/mol. The molecule has 1 aromatic rings. The lowest BCUT2D eigenvalue weighted by molar-refractivity contribution is -0.385. The third-order valence-corrected chi connectivity index (χ3v) is 2.16. The summed E-state index contributed by atoms with van der Waals surface area (Å²) in [4.78, 5) is 20.4. The number of nitrogens with zero attached hydrogens (tertiary/aromatic N) is 2. The molecule has 0 bridgehead atoms. The Bertz CT molecular complexity index is 578. The van der Waals surface area contributed by atoms with Crippen molar-refractivity contribution in [2.24, 2.45) is 0 Å². The molecule has 0 unspecified atom stereocenters. The van der Waals surface area contributed by atoms with Gasteiger partial charge in [-0.15, -0.1) is 0 Å². The number of hydrogen-bond donors (Lipinski definition) is 0. The van der Waals surface area contributed by atoms with Gasteiger partial charge in [0.15, 0.2) is 0 Å². The van der Waals surface area contributed by atoms with Crippen LogP contribution in [0, 0.1) is 21.4 Å². The van der Waals surface area contributed by atoms with E-state index in [2.05, 4.69) is 0 Å². The van der Waals surface area contributed by atoms with Crippen molar-refractivity contribution < 1.29 is 22.9 Å². The maximum atomic E-state index is 12.4. The maximum Gasteiger partial charge on any atom is 0.416 e. The molecule has 0 radical (unpaired) electrons. The number of nitro benzene ring substituents is 1. The van der Waals surface area contributed by atoms with Gasteiger partial charge in [0, 0.05) is 0 Å². The first-order valence-corrected chi connectivity index (χ1v) is 4.56. The lowest BCUT2D eigenvalue weighted by Crippen LogP contribution is -2.10. The van der Waals surface area contributed by atoms with Crippen LogP contribution in [0.3, 0.4) is 0 Å². The normalized spacial score (nSPS) is 10.8. The third kappa shape index (κ3) is 2.57. The minimum Gasteiger partial charge on any atom is -0.275 e. The molecule has 18 heavy (non-hydrogen) atoms. The summed E-state index contributed by atoms with van der Waals surface area (Å²) in [5.41, 5.74) is -4.23. The van der Waals surface area contributed by atoms with E-state index in [1.807, 2.05) is 0 Å². The van der Waals surface area contributed by atoms with E-state index in [1.54, 1.807) is 0 Å². The predicted octanol–water partition coefficient (Wildman–Crippen LogP) is 2.86. The molecule has 0 fully saturated rings. The molecule has 0 aliphatic heterocycles. The molecule has 0 saturated heterocycles. The van der Waals surface area contributed by atoms with Crippen molar-refractivity contribution in [3.63, 3.8) is 0 Å². The highest BCUT2D eigenvalue weighted by molar-refractivity contribution is 6.68. The summed E-state index contributed by atoms with van der Waals surface area (Å²) in [5, 5.41) is 17.8. The first kappa shape index (κ1) is 13.9. The van der Waals surface area contributed by atoms with E-state index in [4.69, 9.17) is 16.9 Å². The summed E-state index contributed by atoms with van der Waals surface area (Å²) in [6, 6.07) is 1.77. The van der Waals surface area contributed by atoms with Gasteiger partial charge in [0.2, 0.25) is 0 Å².